The maximum absolute atomic E-state index is 10.7. The summed E-state index contributed by atoms with van der Waals surface area (Å²) in [5.74, 6) is 0. The average molecular weight is 341 g/mol. The zero-order valence-corrected chi connectivity index (χ0v) is 14.9. The molecule has 126 valence electrons. The molecule has 0 aliphatic heterocycles. The highest BCUT2D eigenvalue weighted by molar-refractivity contribution is 7.17. The average Bonchev–Trinajstić information content (AvgIpc) is 3.21. The fourth-order valence-corrected chi connectivity index (χ4v) is 4.34. The van der Waals surface area contributed by atoms with Crippen molar-refractivity contribution in [1.29, 1.82) is 0 Å². The lowest BCUT2D eigenvalue weighted by Crippen LogP contribution is -2.29. The summed E-state index contributed by atoms with van der Waals surface area (Å²) in [5.41, 5.74) is 3.32. The SMILES string of the molecule is Cc1cn2c(CNCC3(C(O)c4ccccc4)CC3)c(C)nc2s1. The van der Waals surface area contributed by atoms with Crippen molar-refractivity contribution in [2.24, 2.45) is 5.41 Å². The van der Waals surface area contributed by atoms with Gasteiger partial charge in [-0.1, -0.05) is 30.3 Å². The van der Waals surface area contributed by atoms with Gasteiger partial charge in [-0.05, 0) is 32.3 Å². The van der Waals surface area contributed by atoms with Crippen molar-refractivity contribution in [1.82, 2.24) is 14.7 Å². The van der Waals surface area contributed by atoms with E-state index in [-0.39, 0.29) is 11.5 Å². The first-order chi connectivity index (χ1) is 11.6. The number of hydrogen-bond donors (Lipinski definition) is 2. The summed E-state index contributed by atoms with van der Waals surface area (Å²) < 4.78 is 2.19. The minimum atomic E-state index is -0.388. The van der Waals surface area contributed by atoms with Gasteiger partial charge in [-0.15, -0.1) is 11.3 Å². The lowest BCUT2D eigenvalue weighted by atomic mass is 9.92. The molecule has 0 radical (unpaired) electrons. The highest BCUT2D eigenvalue weighted by Crippen LogP contribution is 2.54. The molecule has 0 saturated heterocycles. The van der Waals surface area contributed by atoms with Crippen molar-refractivity contribution >= 4 is 16.3 Å². The number of benzene rings is 1. The second-order valence-electron chi connectivity index (χ2n) is 6.92. The van der Waals surface area contributed by atoms with Gasteiger partial charge in [0.25, 0.3) is 0 Å². The van der Waals surface area contributed by atoms with Crippen molar-refractivity contribution in [2.45, 2.75) is 39.3 Å². The summed E-state index contributed by atoms with van der Waals surface area (Å²) in [5, 5.41) is 14.3. The first kappa shape index (κ1) is 15.8. The molecule has 1 aromatic carbocycles. The van der Waals surface area contributed by atoms with Crippen LogP contribution in [0.4, 0.5) is 0 Å². The maximum Gasteiger partial charge on any atom is 0.194 e. The second-order valence-corrected chi connectivity index (χ2v) is 8.13. The number of nitrogens with zero attached hydrogens (tertiary/aromatic N) is 2. The molecule has 1 atom stereocenters. The standard InChI is InChI=1S/C19H23N3OS/c1-13-11-22-16(14(2)21-18(22)24-13)10-20-12-19(8-9-19)17(23)15-6-4-3-5-7-15/h3-7,11,17,20,23H,8-10,12H2,1-2H3. The molecule has 4 rings (SSSR count). The Labute approximate surface area is 146 Å². The highest BCUT2D eigenvalue weighted by Gasteiger charge is 2.48. The molecule has 0 bridgehead atoms. The number of nitrogens with one attached hydrogen (secondary N) is 1. The third-order valence-corrected chi connectivity index (χ3v) is 6.00. The summed E-state index contributed by atoms with van der Waals surface area (Å²) in [7, 11) is 0. The summed E-state index contributed by atoms with van der Waals surface area (Å²) in [4.78, 5) is 6.98. The van der Waals surface area contributed by atoms with Gasteiger partial charge < -0.3 is 10.4 Å². The van der Waals surface area contributed by atoms with Gasteiger partial charge >= 0.3 is 0 Å². The zero-order chi connectivity index (χ0) is 16.7. The predicted molar refractivity (Wildman–Crippen MR) is 97.3 cm³/mol. The van der Waals surface area contributed by atoms with Crippen LogP contribution in [0.2, 0.25) is 0 Å². The van der Waals surface area contributed by atoms with E-state index in [1.807, 2.05) is 30.3 Å². The Morgan fingerprint density at radius 2 is 2.04 bits per heavy atom. The van der Waals surface area contributed by atoms with Gasteiger partial charge in [0, 0.05) is 29.6 Å². The van der Waals surface area contributed by atoms with Crippen molar-refractivity contribution < 1.29 is 5.11 Å². The Bertz CT molecular complexity index is 848. The van der Waals surface area contributed by atoms with E-state index in [1.165, 1.54) is 10.6 Å². The van der Waals surface area contributed by atoms with Gasteiger partial charge in [-0.25, -0.2) is 4.98 Å². The smallest absolute Gasteiger partial charge is 0.194 e. The Kier molecular flexibility index (Phi) is 3.95. The first-order valence-corrected chi connectivity index (χ1v) is 9.28. The molecule has 24 heavy (non-hydrogen) atoms. The van der Waals surface area contributed by atoms with E-state index in [0.717, 1.165) is 42.1 Å². The first-order valence-electron chi connectivity index (χ1n) is 8.47. The second kappa shape index (κ2) is 5.99. The number of aliphatic hydroxyl groups is 1. The number of imidazole rings is 1. The molecule has 2 aromatic heterocycles. The highest BCUT2D eigenvalue weighted by atomic mass is 32.1. The minimum Gasteiger partial charge on any atom is -0.388 e. The molecule has 1 aliphatic rings. The molecule has 4 nitrogen and oxygen atoms in total. The quantitative estimate of drug-likeness (QED) is 0.720. The van der Waals surface area contributed by atoms with E-state index in [2.05, 4.69) is 34.7 Å². The van der Waals surface area contributed by atoms with Gasteiger partial charge in [0.05, 0.1) is 17.5 Å². The summed E-state index contributed by atoms with van der Waals surface area (Å²) >= 11 is 1.72. The van der Waals surface area contributed by atoms with Crippen LogP contribution < -0.4 is 5.32 Å². The van der Waals surface area contributed by atoms with E-state index < -0.39 is 0 Å². The molecular formula is C19H23N3OS. The van der Waals surface area contributed by atoms with E-state index in [9.17, 15) is 5.11 Å². The van der Waals surface area contributed by atoms with Crippen LogP contribution >= 0.6 is 11.3 Å². The number of rotatable bonds is 6. The van der Waals surface area contributed by atoms with Crippen molar-refractivity contribution in [3.05, 3.63) is 58.4 Å². The summed E-state index contributed by atoms with van der Waals surface area (Å²) in [6.45, 7) is 5.80. The predicted octanol–water partition coefficient (Wildman–Crippen LogP) is 3.62. The molecule has 1 fully saturated rings. The monoisotopic (exact) mass is 341 g/mol. The maximum atomic E-state index is 10.7. The van der Waals surface area contributed by atoms with Crippen LogP contribution in [0, 0.1) is 19.3 Å². The molecule has 5 heteroatoms. The normalized spacial score (nSPS) is 17.3. The minimum absolute atomic E-state index is 0.0103. The van der Waals surface area contributed by atoms with Gasteiger partial charge in [0.15, 0.2) is 4.96 Å². The van der Waals surface area contributed by atoms with Gasteiger partial charge in [-0.2, -0.15) is 0 Å². The van der Waals surface area contributed by atoms with E-state index in [1.54, 1.807) is 11.3 Å². The molecule has 1 aliphatic carbocycles. The van der Waals surface area contributed by atoms with Gasteiger partial charge in [0.2, 0.25) is 0 Å². The molecule has 0 amide bonds. The fraction of sp³-hybridized carbons (Fsp3) is 0.421. The third kappa shape index (κ3) is 2.77. The van der Waals surface area contributed by atoms with Crippen LogP contribution in [0.25, 0.3) is 4.96 Å². The number of fused-ring (bicyclic) bond motifs is 1. The molecular weight excluding hydrogens is 318 g/mol. The lowest BCUT2D eigenvalue weighted by Gasteiger charge is -2.23. The van der Waals surface area contributed by atoms with Crippen LogP contribution in [0.1, 0.15) is 40.8 Å². The molecule has 1 unspecified atom stereocenters. The zero-order valence-electron chi connectivity index (χ0n) is 14.1. The number of hydrogen-bond acceptors (Lipinski definition) is 4. The summed E-state index contributed by atoms with van der Waals surface area (Å²) in [6.07, 6.45) is 3.92. The Balaban J connectivity index is 1.44. The molecule has 1 saturated carbocycles. The number of aryl methyl sites for hydroxylation is 2. The molecule has 3 aromatic rings. The molecule has 2 N–H and O–H groups in total. The third-order valence-electron chi connectivity index (χ3n) is 5.10. The Morgan fingerprint density at radius 3 is 2.75 bits per heavy atom. The van der Waals surface area contributed by atoms with Crippen molar-refractivity contribution in [2.75, 3.05) is 6.54 Å². The van der Waals surface area contributed by atoms with E-state index in [4.69, 9.17) is 0 Å². The van der Waals surface area contributed by atoms with Crippen LogP contribution in [-0.4, -0.2) is 21.0 Å². The van der Waals surface area contributed by atoms with Crippen LogP contribution in [0.3, 0.4) is 0 Å². The number of aliphatic hydroxyl groups excluding tert-OH is 1. The van der Waals surface area contributed by atoms with E-state index >= 15 is 0 Å². The van der Waals surface area contributed by atoms with Crippen LogP contribution in [0.5, 0.6) is 0 Å². The fourth-order valence-electron chi connectivity index (χ4n) is 3.45. The van der Waals surface area contributed by atoms with Crippen LogP contribution in [-0.2, 0) is 6.54 Å². The Morgan fingerprint density at radius 1 is 1.29 bits per heavy atom. The summed E-state index contributed by atoms with van der Waals surface area (Å²) in [6, 6.07) is 10.0. The van der Waals surface area contributed by atoms with Gasteiger partial charge in [0.1, 0.15) is 0 Å². The van der Waals surface area contributed by atoms with E-state index in [0.29, 0.717) is 0 Å². The largest absolute Gasteiger partial charge is 0.388 e. The topological polar surface area (TPSA) is 49.6 Å². The van der Waals surface area contributed by atoms with Crippen molar-refractivity contribution in [3.8, 4) is 0 Å². The lowest BCUT2D eigenvalue weighted by molar-refractivity contribution is 0.0916. The Hall–Kier alpha value is -1.69. The van der Waals surface area contributed by atoms with Gasteiger partial charge in [-0.3, -0.25) is 4.40 Å². The van der Waals surface area contributed by atoms with Crippen molar-refractivity contribution in [3.63, 3.8) is 0 Å². The van der Waals surface area contributed by atoms with Crippen LogP contribution in [0.15, 0.2) is 36.5 Å². The molecule has 2 heterocycles. The molecule has 0 spiro atoms. The number of aromatic nitrogens is 2. The number of thiazole rings is 1.